The molecule has 2 aliphatic rings. The summed E-state index contributed by atoms with van der Waals surface area (Å²) < 4.78 is 18.2. The highest BCUT2D eigenvalue weighted by molar-refractivity contribution is 7.99. The van der Waals surface area contributed by atoms with Crippen molar-refractivity contribution in [2.75, 3.05) is 23.7 Å². The highest BCUT2D eigenvalue weighted by Gasteiger charge is 2.50. The first kappa shape index (κ1) is 32.9. The van der Waals surface area contributed by atoms with Crippen molar-refractivity contribution in [1.82, 2.24) is 19.3 Å². The van der Waals surface area contributed by atoms with Crippen molar-refractivity contribution in [3.63, 3.8) is 0 Å². The van der Waals surface area contributed by atoms with Crippen molar-refractivity contribution in [3.05, 3.63) is 68.7 Å². The third-order valence-electron chi connectivity index (χ3n) is 8.23. The van der Waals surface area contributed by atoms with E-state index in [1.807, 2.05) is 20.8 Å². The number of nitrogens with zero attached hydrogens (tertiary/aromatic N) is 4. The number of fused-ring (bicyclic) bond motifs is 1. The van der Waals surface area contributed by atoms with Crippen LogP contribution < -0.4 is 20.9 Å². The summed E-state index contributed by atoms with van der Waals surface area (Å²) in [6.45, 7) is 14.2. The number of halogens is 1. The molecule has 1 aliphatic carbocycles. The predicted octanol–water partition coefficient (Wildman–Crippen LogP) is 5.73. The normalized spacial score (nSPS) is 18.6. The zero-order valence-electron chi connectivity index (χ0n) is 26.5. The van der Waals surface area contributed by atoms with Crippen LogP contribution in [0.3, 0.4) is 0 Å². The molecule has 12 heteroatoms. The van der Waals surface area contributed by atoms with E-state index < -0.39 is 24.2 Å². The van der Waals surface area contributed by atoms with Gasteiger partial charge in [0.1, 0.15) is 18.6 Å². The number of benzene rings is 1. The zero-order chi connectivity index (χ0) is 32.0. The highest BCUT2D eigenvalue weighted by Crippen LogP contribution is 2.53. The fraction of sp³-hybridized carbons (Fsp3) is 0.469. The molecule has 1 aromatic carbocycles. The van der Waals surface area contributed by atoms with E-state index in [-0.39, 0.29) is 22.8 Å². The van der Waals surface area contributed by atoms with E-state index in [1.165, 1.54) is 22.9 Å². The molecule has 1 spiro atoms. The molecule has 0 amide bonds. The maximum absolute atomic E-state index is 13.5. The molecule has 1 aliphatic heterocycles. The van der Waals surface area contributed by atoms with Crippen molar-refractivity contribution in [3.8, 4) is 11.5 Å². The van der Waals surface area contributed by atoms with Gasteiger partial charge in [0.25, 0.3) is 5.56 Å². The predicted molar refractivity (Wildman–Crippen MR) is 185 cm³/mol. The Hall–Kier alpha value is -2.46. The van der Waals surface area contributed by atoms with Gasteiger partial charge in [0, 0.05) is 53.6 Å². The minimum atomic E-state index is -1.53. The second-order valence-corrected chi connectivity index (χ2v) is 22.0. The van der Waals surface area contributed by atoms with Gasteiger partial charge in [-0.15, -0.1) is 10.3 Å². The number of pyridine rings is 1. The van der Waals surface area contributed by atoms with Crippen molar-refractivity contribution in [2.45, 2.75) is 80.3 Å². The summed E-state index contributed by atoms with van der Waals surface area (Å²) >= 11 is 6.32. The maximum Gasteiger partial charge on any atom is 0.268 e. The van der Waals surface area contributed by atoms with Crippen LogP contribution in [0.2, 0.25) is 24.7 Å². The van der Waals surface area contributed by atoms with Crippen LogP contribution >= 0.6 is 23.4 Å². The zero-order valence-corrected chi connectivity index (χ0v) is 29.8. The standard InChI is InChI=1S/C32H41ClN6O2S2Si/c1-31(2,3)43(41)37-27-23-18-21(11-17-44(5,6)7)8-9-22(23)19-32(27)12-15-39(16-13-32)30-36-20-25(29(40)38(30)4)42-24-10-14-35-28(34)26(24)33/h8-10,14,18,20,27,37H,12-13,15-16,19H2,1-7H3,(H2,34,35)/t27-,43?/m1/s1. The SMILES string of the molecule is Cn1c(N2CCC3(CC2)Cc2ccc(C#C[Si](C)(C)C)cc2[C@H]3N[S+]([O-])C(C)(C)C)ncc(Sc2ccnc(N)c2Cl)c1=O. The van der Waals surface area contributed by atoms with Crippen LogP contribution in [0, 0.1) is 16.9 Å². The lowest BCUT2D eigenvalue weighted by molar-refractivity contribution is 0.175. The lowest BCUT2D eigenvalue weighted by Crippen LogP contribution is -2.50. The number of hydrogen-bond acceptors (Lipinski definition) is 8. The van der Waals surface area contributed by atoms with E-state index in [0.29, 0.717) is 20.8 Å². The quantitative estimate of drug-likeness (QED) is 0.202. The molecule has 3 aromatic rings. The van der Waals surface area contributed by atoms with Crippen molar-refractivity contribution in [2.24, 2.45) is 12.5 Å². The number of nitrogens with two attached hydrogens (primary N) is 1. The molecule has 1 fully saturated rings. The van der Waals surface area contributed by atoms with Gasteiger partial charge in [-0.1, -0.05) is 55.0 Å². The Labute approximate surface area is 273 Å². The number of piperidine rings is 1. The lowest BCUT2D eigenvalue weighted by Gasteiger charge is -2.44. The number of hydrogen-bond donors (Lipinski definition) is 2. The molecule has 1 unspecified atom stereocenters. The van der Waals surface area contributed by atoms with E-state index in [1.54, 1.807) is 30.1 Å². The Morgan fingerprint density at radius 1 is 1.18 bits per heavy atom. The fourth-order valence-electron chi connectivity index (χ4n) is 5.78. The molecule has 5 rings (SSSR count). The Morgan fingerprint density at radius 3 is 2.55 bits per heavy atom. The fourth-order valence-corrected chi connectivity index (χ4v) is 8.36. The highest BCUT2D eigenvalue weighted by atomic mass is 35.5. The largest absolute Gasteiger partial charge is 0.598 e. The first-order chi connectivity index (χ1) is 20.6. The van der Waals surface area contributed by atoms with Crippen LogP contribution in [0.1, 0.15) is 56.3 Å². The van der Waals surface area contributed by atoms with Crippen LogP contribution in [-0.2, 0) is 24.8 Å². The van der Waals surface area contributed by atoms with Crippen molar-refractivity contribution >= 4 is 54.6 Å². The Balaban J connectivity index is 1.40. The average molecular weight is 669 g/mol. The van der Waals surface area contributed by atoms with Crippen LogP contribution in [-0.4, -0.2) is 45.0 Å². The number of nitrogens with one attached hydrogen (secondary N) is 1. The van der Waals surface area contributed by atoms with Gasteiger partial charge in [0.05, 0.1) is 22.2 Å². The van der Waals surface area contributed by atoms with Gasteiger partial charge >= 0.3 is 0 Å². The second kappa shape index (κ2) is 12.4. The smallest absolute Gasteiger partial charge is 0.268 e. The summed E-state index contributed by atoms with van der Waals surface area (Å²) in [5.74, 6) is 4.28. The number of anilines is 2. The second-order valence-electron chi connectivity index (χ2n) is 13.8. The Morgan fingerprint density at radius 2 is 1.89 bits per heavy atom. The molecule has 0 bridgehead atoms. The van der Waals surface area contributed by atoms with Gasteiger partial charge in [-0.25, -0.2) is 9.97 Å². The lowest BCUT2D eigenvalue weighted by atomic mass is 9.73. The number of rotatable bonds is 5. The van der Waals surface area contributed by atoms with Crippen LogP contribution in [0.15, 0.2) is 51.2 Å². The van der Waals surface area contributed by atoms with Crippen molar-refractivity contribution in [1.29, 1.82) is 0 Å². The monoisotopic (exact) mass is 668 g/mol. The van der Waals surface area contributed by atoms with E-state index in [2.05, 4.69) is 63.9 Å². The average Bonchev–Trinajstić information content (AvgIpc) is 3.24. The molecule has 1 saturated heterocycles. The number of aromatic nitrogens is 3. The van der Waals surface area contributed by atoms with Crippen LogP contribution in [0.25, 0.3) is 0 Å². The van der Waals surface area contributed by atoms with Gasteiger partial charge < -0.3 is 15.2 Å². The summed E-state index contributed by atoms with van der Waals surface area (Å²) in [5.41, 5.74) is 12.6. The molecule has 8 nitrogen and oxygen atoms in total. The molecular weight excluding hydrogens is 628 g/mol. The van der Waals surface area contributed by atoms with Gasteiger partial charge in [-0.05, 0) is 69.4 Å². The van der Waals surface area contributed by atoms with Crippen molar-refractivity contribution < 1.29 is 4.55 Å². The summed E-state index contributed by atoms with van der Waals surface area (Å²) in [7, 11) is 0.232. The first-order valence-electron chi connectivity index (χ1n) is 14.8. The Bertz CT molecular complexity index is 1680. The molecule has 2 aromatic heterocycles. The molecule has 3 heterocycles. The van der Waals surface area contributed by atoms with Gasteiger partial charge in [-0.3, -0.25) is 9.36 Å². The third-order valence-corrected chi connectivity index (χ3v) is 12.2. The summed E-state index contributed by atoms with van der Waals surface area (Å²) in [6, 6.07) is 8.24. The molecule has 2 atom stereocenters. The van der Waals surface area contributed by atoms with Crippen LogP contribution in [0.4, 0.5) is 11.8 Å². The topological polar surface area (TPSA) is 112 Å². The van der Waals surface area contributed by atoms with Crippen LogP contribution in [0.5, 0.6) is 0 Å². The Kier molecular flexibility index (Phi) is 9.26. The molecule has 44 heavy (non-hydrogen) atoms. The minimum Gasteiger partial charge on any atom is -0.598 e. The third kappa shape index (κ3) is 6.86. The van der Waals surface area contributed by atoms with Gasteiger partial charge in [0.2, 0.25) is 5.95 Å². The molecular formula is C32H41ClN6O2S2Si. The summed E-state index contributed by atoms with van der Waals surface area (Å²) in [4.78, 5) is 25.4. The molecule has 0 radical (unpaired) electrons. The molecule has 0 saturated carbocycles. The maximum atomic E-state index is 13.5. The van der Waals surface area contributed by atoms with E-state index >= 15 is 0 Å². The van der Waals surface area contributed by atoms with E-state index in [9.17, 15) is 9.35 Å². The molecule has 234 valence electrons. The minimum absolute atomic E-state index is 0.0542. The summed E-state index contributed by atoms with van der Waals surface area (Å²) in [6.07, 6.45) is 5.84. The number of nitrogen functional groups attached to an aromatic ring is 1. The van der Waals surface area contributed by atoms with E-state index in [4.69, 9.17) is 22.3 Å². The summed E-state index contributed by atoms with van der Waals surface area (Å²) in [5, 5.41) is 0.327. The van der Waals surface area contributed by atoms with Gasteiger partial charge in [0.15, 0.2) is 0 Å². The van der Waals surface area contributed by atoms with E-state index in [0.717, 1.165) is 37.9 Å². The first-order valence-corrected chi connectivity index (χ1v) is 20.7. The molecule has 3 N–H and O–H groups in total. The van der Waals surface area contributed by atoms with Gasteiger partial charge in [-0.2, -0.15) is 0 Å².